The number of halogens is 1. The molecule has 5 heteroatoms. The highest BCUT2D eigenvalue weighted by Gasteiger charge is 2.14. The summed E-state index contributed by atoms with van der Waals surface area (Å²) in [5.74, 6) is -0.0562. The van der Waals surface area contributed by atoms with Crippen molar-refractivity contribution < 1.29 is 4.79 Å². The fourth-order valence-electron chi connectivity index (χ4n) is 1.65. The lowest BCUT2D eigenvalue weighted by Crippen LogP contribution is -2.43. The number of benzene rings is 1. The van der Waals surface area contributed by atoms with Gasteiger partial charge < -0.3 is 11.1 Å². The summed E-state index contributed by atoms with van der Waals surface area (Å²) in [6.07, 6.45) is 2.04. The number of carbonyl (C=O) groups excluding carboxylic acids is 1. The summed E-state index contributed by atoms with van der Waals surface area (Å²) in [4.78, 5) is 12.2. The molecule has 0 aromatic heterocycles. The number of hydrogen-bond acceptors (Lipinski definition) is 2. The summed E-state index contributed by atoms with van der Waals surface area (Å²) in [6.45, 7) is 2.03. The van der Waals surface area contributed by atoms with Crippen LogP contribution in [-0.2, 0) is 11.2 Å². The highest BCUT2D eigenvalue weighted by Crippen LogP contribution is 2.12. The van der Waals surface area contributed by atoms with Gasteiger partial charge in [-0.05, 0) is 24.1 Å². The van der Waals surface area contributed by atoms with Gasteiger partial charge in [0.2, 0.25) is 5.91 Å². The second-order valence-electron chi connectivity index (χ2n) is 4.12. The van der Waals surface area contributed by atoms with Crippen LogP contribution in [0.2, 0.25) is 0 Å². The molecule has 0 aliphatic rings. The SMILES string of the molecule is CCCC(NC(=O)Cc1cccc(Br)c1)C(N)=S. The molecule has 0 radical (unpaired) electrons. The van der Waals surface area contributed by atoms with Crippen LogP contribution in [0.5, 0.6) is 0 Å². The third kappa shape index (κ3) is 5.14. The summed E-state index contributed by atoms with van der Waals surface area (Å²) >= 11 is 8.32. The molecule has 98 valence electrons. The van der Waals surface area contributed by atoms with Crippen LogP contribution in [0.3, 0.4) is 0 Å². The lowest BCUT2D eigenvalue weighted by Gasteiger charge is -2.16. The zero-order valence-corrected chi connectivity index (χ0v) is 12.7. The van der Waals surface area contributed by atoms with E-state index in [1.807, 2.05) is 31.2 Å². The van der Waals surface area contributed by atoms with Gasteiger partial charge in [0.25, 0.3) is 0 Å². The van der Waals surface area contributed by atoms with E-state index in [-0.39, 0.29) is 11.9 Å². The first kappa shape index (κ1) is 15.1. The molecule has 3 nitrogen and oxygen atoms in total. The minimum Gasteiger partial charge on any atom is -0.392 e. The van der Waals surface area contributed by atoms with Crippen molar-refractivity contribution in [3.8, 4) is 0 Å². The predicted octanol–water partition coefficient (Wildman–Crippen LogP) is 2.56. The van der Waals surface area contributed by atoms with Crippen molar-refractivity contribution in [2.45, 2.75) is 32.2 Å². The molecule has 0 aliphatic carbocycles. The van der Waals surface area contributed by atoms with E-state index in [0.29, 0.717) is 11.4 Å². The lowest BCUT2D eigenvalue weighted by atomic mass is 10.1. The Morgan fingerprint density at radius 3 is 2.83 bits per heavy atom. The molecule has 18 heavy (non-hydrogen) atoms. The summed E-state index contributed by atoms with van der Waals surface area (Å²) in [6, 6.07) is 7.47. The predicted molar refractivity (Wildman–Crippen MR) is 81.5 cm³/mol. The Morgan fingerprint density at radius 2 is 2.28 bits per heavy atom. The van der Waals surface area contributed by atoms with Crippen LogP contribution < -0.4 is 11.1 Å². The standard InChI is InChI=1S/C13H17BrN2OS/c1-2-4-11(13(15)18)16-12(17)8-9-5-3-6-10(14)7-9/h3,5-7,11H,2,4,8H2,1H3,(H2,15,18)(H,16,17). The van der Waals surface area contributed by atoms with E-state index in [1.54, 1.807) is 0 Å². The molecule has 1 aromatic rings. The maximum absolute atomic E-state index is 11.9. The Hall–Kier alpha value is -0.940. The molecule has 1 atom stereocenters. The topological polar surface area (TPSA) is 55.1 Å². The fourth-order valence-corrected chi connectivity index (χ4v) is 2.28. The van der Waals surface area contributed by atoms with E-state index in [2.05, 4.69) is 21.2 Å². The fraction of sp³-hybridized carbons (Fsp3) is 0.385. The Labute approximate surface area is 121 Å². The molecular weight excluding hydrogens is 312 g/mol. The number of amides is 1. The molecule has 3 N–H and O–H groups in total. The lowest BCUT2D eigenvalue weighted by molar-refractivity contribution is -0.120. The second-order valence-corrected chi connectivity index (χ2v) is 5.50. The van der Waals surface area contributed by atoms with Crippen molar-refractivity contribution in [2.24, 2.45) is 5.73 Å². The number of thiocarbonyl (C=S) groups is 1. The molecule has 0 bridgehead atoms. The van der Waals surface area contributed by atoms with Crippen LogP contribution >= 0.6 is 28.1 Å². The van der Waals surface area contributed by atoms with Gasteiger partial charge in [-0.1, -0.05) is 53.6 Å². The summed E-state index contributed by atoms with van der Waals surface area (Å²) in [7, 11) is 0. The van der Waals surface area contributed by atoms with Crippen molar-refractivity contribution in [1.82, 2.24) is 5.32 Å². The van der Waals surface area contributed by atoms with Crippen molar-refractivity contribution >= 4 is 39.0 Å². The van der Waals surface area contributed by atoms with Crippen molar-refractivity contribution in [2.75, 3.05) is 0 Å². The normalized spacial score (nSPS) is 11.9. The van der Waals surface area contributed by atoms with Gasteiger partial charge in [0, 0.05) is 4.47 Å². The van der Waals surface area contributed by atoms with Crippen LogP contribution in [0.4, 0.5) is 0 Å². The van der Waals surface area contributed by atoms with Crippen molar-refractivity contribution in [3.05, 3.63) is 34.3 Å². The van der Waals surface area contributed by atoms with E-state index in [9.17, 15) is 4.79 Å². The summed E-state index contributed by atoms with van der Waals surface area (Å²) in [5, 5.41) is 2.86. The monoisotopic (exact) mass is 328 g/mol. The number of hydrogen-bond donors (Lipinski definition) is 2. The van der Waals surface area contributed by atoms with Crippen LogP contribution in [0.1, 0.15) is 25.3 Å². The van der Waals surface area contributed by atoms with Gasteiger partial charge in [-0.2, -0.15) is 0 Å². The van der Waals surface area contributed by atoms with E-state index in [4.69, 9.17) is 18.0 Å². The number of carbonyl (C=O) groups is 1. The maximum Gasteiger partial charge on any atom is 0.224 e. The molecule has 0 heterocycles. The minimum atomic E-state index is -0.204. The first-order valence-electron chi connectivity index (χ1n) is 5.86. The highest BCUT2D eigenvalue weighted by molar-refractivity contribution is 9.10. The zero-order valence-electron chi connectivity index (χ0n) is 10.3. The first-order chi connectivity index (χ1) is 8.52. The zero-order chi connectivity index (χ0) is 13.5. The summed E-state index contributed by atoms with van der Waals surface area (Å²) in [5.41, 5.74) is 6.56. The Bertz CT molecular complexity index is 437. The van der Waals surface area contributed by atoms with Crippen molar-refractivity contribution in [3.63, 3.8) is 0 Å². The third-order valence-corrected chi connectivity index (χ3v) is 3.29. The Balaban J connectivity index is 2.57. The molecule has 1 amide bonds. The van der Waals surface area contributed by atoms with Gasteiger partial charge in [-0.3, -0.25) is 4.79 Å². The molecule has 0 spiro atoms. The van der Waals surface area contributed by atoms with Gasteiger partial charge in [-0.15, -0.1) is 0 Å². The molecule has 0 saturated carbocycles. The highest BCUT2D eigenvalue weighted by atomic mass is 79.9. The smallest absolute Gasteiger partial charge is 0.224 e. The van der Waals surface area contributed by atoms with Crippen LogP contribution in [0.25, 0.3) is 0 Å². The molecule has 0 saturated heterocycles. The second kappa shape index (κ2) is 7.48. The van der Waals surface area contributed by atoms with Crippen molar-refractivity contribution in [1.29, 1.82) is 0 Å². The van der Waals surface area contributed by atoms with E-state index >= 15 is 0 Å². The van der Waals surface area contributed by atoms with E-state index in [1.165, 1.54) is 0 Å². The van der Waals surface area contributed by atoms with Gasteiger partial charge in [0.15, 0.2) is 0 Å². The van der Waals surface area contributed by atoms with Crippen LogP contribution in [0, 0.1) is 0 Å². The molecule has 0 aliphatic heterocycles. The Morgan fingerprint density at radius 1 is 1.56 bits per heavy atom. The Kier molecular flexibility index (Phi) is 6.29. The third-order valence-electron chi connectivity index (χ3n) is 2.51. The van der Waals surface area contributed by atoms with Gasteiger partial charge in [-0.25, -0.2) is 0 Å². The molecule has 1 unspecified atom stereocenters. The largest absolute Gasteiger partial charge is 0.392 e. The minimum absolute atomic E-state index is 0.0562. The van der Waals surface area contributed by atoms with Gasteiger partial charge in [0.05, 0.1) is 17.5 Å². The first-order valence-corrected chi connectivity index (χ1v) is 7.06. The average Bonchev–Trinajstić information content (AvgIpc) is 2.28. The van der Waals surface area contributed by atoms with Crippen LogP contribution in [0.15, 0.2) is 28.7 Å². The number of rotatable bonds is 6. The molecular formula is C13H17BrN2OS. The van der Waals surface area contributed by atoms with Crippen LogP contribution in [-0.4, -0.2) is 16.9 Å². The maximum atomic E-state index is 11.9. The summed E-state index contributed by atoms with van der Waals surface area (Å²) < 4.78 is 0.965. The number of nitrogens with one attached hydrogen (secondary N) is 1. The molecule has 1 aromatic carbocycles. The van der Waals surface area contributed by atoms with E-state index < -0.39 is 0 Å². The molecule has 1 rings (SSSR count). The quantitative estimate of drug-likeness (QED) is 0.789. The van der Waals surface area contributed by atoms with Gasteiger partial charge in [0.1, 0.15) is 0 Å². The average molecular weight is 329 g/mol. The van der Waals surface area contributed by atoms with Gasteiger partial charge >= 0.3 is 0 Å². The molecule has 0 fully saturated rings. The van der Waals surface area contributed by atoms with E-state index in [0.717, 1.165) is 22.9 Å². The number of nitrogens with two attached hydrogens (primary N) is 1.